The third kappa shape index (κ3) is 3.04. The molecule has 0 radical (unpaired) electrons. The number of carbonyl (C=O) groups excluding carboxylic acids is 1. The molecule has 1 aromatic carbocycles. The van der Waals surface area contributed by atoms with E-state index in [1.54, 1.807) is 6.07 Å². The van der Waals surface area contributed by atoms with E-state index in [-0.39, 0.29) is 11.5 Å². The zero-order chi connectivity index (χ0) is 17.4. The quantitative estimate of drug-likeness (QED) is 0.927. The summed E-state index contributed by atoms with van der Waals surface area (Å²) in [4.78, 5) is 18.5. The number of alkyl halides is 3. The number of carbonyl (C=O) groups is 1. The molecular formula is C16H13F3N3O2-. The summed E-state index contributed by atoms with van der Waals surface area (Å²) in [6.07, 6.45) is -0.0693. The summed E-state index contributed by atoms with van der Waals surface area (Å²) in [6, 6.07) is 5.17. The van der Waals surface area contributed by atoms with E-state index in [9.17, 15) is 23.1 Å². The number of carboxylic acids is 1. The highest BCUT2D eigenvalue weighted by atomic mass is 19.4. The predicted molar refractivity (Wildman–Crippen MR) is 77.0 cm³/mol. The standard InChI is InChI=1S/C16H14F3N3O2/c17-16(18,19)12-4-1-3-11(7-12)15(5-2-6-15)22-14-20-8-10(9-21-14)13(23)24/h1,3-4,7-9H,2,5-6H2,(H,23,24)(H,20,21,22)/p-1. The molecule has 3 rings (SSSR count). The van der Waals surface area contributed by atoms with Crippen molar-refractivity contribution in [2.45, 2.75) is 31.0 Å². The van der Waals surface area contributed by atoms with Crippen molar-refractivity contribution in [3.63, 3.8) is 0 Å². The van der Waals surface area contributed by atoms with Crippen molar-refractivity contribution in [3.8, 4) is 0 Å². The van der Waals surface area contributed by atoms with Crippen molar-refractivity contribution in [2.75, 3.05) is 5.32 Å². The minimum Gasteiger partial charge on any atom is -0.545 e. The van der Waals surface area contributed by atoms with Crippen LogP contribution in [0.2, 0.25) is 0 Å². The van der Waals surface area contributed by atoms with Gasteiger partial charge < -0.3 is 15.2 Å². The van der Waals surface area contributed by atoms with Gasteiger partial charge in [0.05, 0.1) is 17.1 Å². The molecule has 0 unspecified atom stereocenters. The van der Waals surface area contributed by atoms with E-state index in [0.29, 0.717) is 18.4 Å². The van der Waals surface area contributed by atoms with Crippen molar-refractivity contribution in [3.05, 3.63) is 53.3 Å². The molecule has 0 aliphatic heterocycles. The molecule has 1 saturated carbocycles. The van der Waals surface area contributed by atoms with Crippen molar-refractivity contribution >= 4 is 11.9 Å². The number of anilines is 1. The van der Waals surface area contributed by atoms with E-state index >= 15 is 0 Å². The highest BCUT2D eigenvalue weighted by molar-refractivity contribution is 5.84. The van der Waals surface area contributed by atoms with Crippen LogP contribution in [-0.4, -0.2) is 15.9 Å². The van der Waals surface area contributed by atoms with Gasteiger partial charge in [-0.05, 0) is 37.0 Å². The van der Waals surface area contributed by atoms with Gasteiger partial charge in [-0.25, -0.2) is 9.97 Å². The maximum atomic E-state index is 12.9. The molecule has 5 nitrogen and oxygen atoms in total. The Kier molecular flexibility index (Phi) is 3.90. The van der Waals surface area contributed by atoms with Crippen LogP contribution in [0.3, 0.4) is 0 Å². The number of aromatic nitrogens is 2. The Morgan fingerprint density at radius 2 is 1.88 bits per heavy atom. The number of aromatic carboxylic acids is 1. The van der Waals surface area contributed by atoms with Crippen molar-refractivity contribution < 1.29 is 23.1 Å². The molecule has 1 aromatic heterocycles. The summed E-state index contributed by atoms with van der Waals surface area (Å²) in [7, 11) is 0. The van der Waals surface area contributed by atoms with Crippen LogP contribution in [0.1, 0.15) is 40.7 Å². The van der Waals surface area contributed by atoms with Crippen molar-refractivity contribution in [2.24, 2.45) is 0 Å². The average molecular weight is 336 g/mol. The molecule has 1 fully saturated rings. The molecule has 0 saturated heterocycles. The van der Waals surface area contributed by atoms with Gasteiger partial charge in [-0.3, -0.25) is 0 Å². The molecular weight excluding hydrogens is 323 g/mol. The number of nitrogens with zero attached hydrogens (tertiary/aromatic N) is 2. The maximum Gasteiger partial charge on any atom is 0.416 e. The van der Waals surface area contributed by atoms with E-state index in [1.807, 2.05) is 0 Å². The van der Waals surface area contributed by atoms with Gasteiger partial charge in [0.1, 0.15) is 0 Å². The number of hydrogen-bond acceptors (Lipinski definition) is 5. The van der Waals surface area contributed by atoms with Gasteiger partial charge >= 0.3 is 6.18 Å². The molecule has 0 spiro atoms. The molecule has 2 aromatic rings. The van der Waals surface area contributed by atoms with Crippen LogP contribution in [0, 0.1) is 0 Å². The van der Waals surface area contributed by atoms with Gasteiger partial charge in [0.15, 0.2) is 0 Å². The summed E-state index contributed by atoms with van der Waals surface area (Å²) in [5.74, 6) is -1.23. The number of benzene rings is 1. The molecule has 1 heterocycles. The number of halogens is 3. The average Bonchev–Trinajstić information content (AvgIpc) is 2.50. The highest BCUT2D eigenvalue weighted by Crippen LogP contribution is 2.44. The van der Waals surface area contributed by atoms with Gasteiger partial charge in [0.2, 0.25) is 5.95 Å². The second kappa shape index (κ2) is 5.77. The molecule has 1 aliphatic rings. The monoisotopic (exact) mass is 336 g/mol. The largest absolute Gasteiger partial charge is 0.545 e. The summed E-state index contributed by atoms with van der Waals surface area (Å²) in [5, 5.41) is 13.7. The summed E-state index contributed by atoms with van der Waals surface area (Å²) in [6.45, 7) is 0. The molecule has 126 valence electrons. The van der Waals surface area contributed by atoms with Crippen LogP contribution in [0.5, 0.6) is 0 Å². The second-order valence-electron chi connectivity index (χ2n) is 5.72. The second-order valence-corrected chi connectivity index (χ2v) is 5.72. The van der Waals surface area contributed by atoms with E-state index in [0.717, 1.165) is 30.9 Å². The first-order valence-electron chi connectivity index (χ1n) is 7.29. The van der Waals surface area contributed by atoms with Gasteiger partial charge in [0.25, 0.3) is 0 Å². The van der Waals surface area contributed by atoms with Gasteiger partial charge in [-0.15, -0.1) is 0 Å². The Labute approximate surface area is 135 Å². The number of rotatable bonds is 4. The molecule has 8 heteroatoms. The summed E-state index contributed by atoms with van der Waals surface area (Å²) in [5.41, 5.74) is -1.04. The van der Waals surface area contributed by atoms with Gasteiger partial charge in [0, 0.05) is 18.0 Å². The first-order valence-corrected chi connectivity index (χ1v) is 7.29. The molecule has 1 N–H and O–H groups in total. The Morgan fingerprint density at radius 1 is 1.21 bits per heavy atom. The summed E-state index contributed by atoms with van der Waals surface area (Å²) < 4.78 is 38.8. The number of hydrogen-bond donors (Lipinski definition) is 1. The molecule has 0 atom stereocenters. The van der Waals surface area contributed by atoms with Crippen LogP contribution in [0.25, 0.3) is 0 Å². The Bertz CT molecular complexity index is 756. The first kappa shape index (κ1) is 16.2. The highest BCUT2D eigenvalue weighted by Gasteiger charge is 2.41. The van der Waals surface area contributed by atoms with Crippen molar-refractivity contribution in [1.29, 1.82) is 0 Å². The van der Waals surface area contributed by atoms with Crippen LogP contribution in [0.15, 0.2) is 36.7 Å². The zero-order valence-corrected chi connectivity index (χ0v) is 12.4. The molecule has 0 bridgehead atoms. The molecule has 0 amide bonds. The van der Waals surface area contributed by atoms with E-state index < -0.39 is 23.2 Å². The van der Waals surface area contributed by atoms with Crippen LogP contribution < -0.4 is 10.4 Å². The fraction of sp³-hybridized carbons (Fsp3) is 0.312. The van der Waals surface area contributed by atoms with Crippen LogP contribution in [0.4, 0.5) is 19.1 Å². The Hall–Kier alpha value is -2.64. The lowest BCUT2D eigenvalue weighted by atomic mass is 9.71. The third-order valence-corrected chi connectivity index (χ3v) is 4.19. The lowest BCUT2D eigenvalue weighted by Gasteiger charge is -2.43. The molecule has 1 aliphatic carbocycles. The number of carboxylic acid groups (broad SMARTS) is 1. The Balaban J connectivity index is 1.88. The summed E-state index contributed by atoms with van der Waals surface area (Å²) >= 11 is 0. The normalized spacial score (nSPS) is 16.3. The minimum atomic E-state index is -4.41. The lowest BCUT2D eigenvalue weighted by Crippen LogP contribution is -2.42. The van der Waals surface area contributed by atoms with Crippen molar-refractivity contribution in [1.82, 2.24) is 9.97 Å². The fourth-order valence-electron chi connectivity index (χ4n) is 2.72. The van der Waals surface area contributed by atoms with Crippen LogP contribution in [-0.2, 0) is 11.7 Å². The van der Waals surface area contributed by atoms with Gasteiger partial charge in [-0.2, -0.15) is 13.2 Å². The SMILES string of the molecule is O=C([O-])c1cnc(NC2(c3cccc(C(F)(F)F)c3)CCC2)nc1. The fourth-order valence-corrected chi connectivity index (χ4v) is 2.72. The first-order chi connectivity index (χ1) is 11.3. The van der Waals surface area contributed by atoms with E-state index in [2.05, 4.69) is 15.3 Å². The maximum absolute atomic E-state index is 12.9. The number of nitrogens with one attached hydrogen (secondary N) is 1. The third-order valence-electron chi connectivity index (χ3n) is 4.19. The van der Waals surface area contributed by atoms with E-state index in [1.165, 1.54) is 6.07 Å². The predicted octanol–water partition coefficient (Wildman–Crippen LogP) is 2.35. The zero-order valence-electron chi connectivity index (χ0n) is 12.4. The Morgan fingerprint density at radius 3 is 2.38 bits per heavy atom. The topological polar surface area (TPSA) is 77.9 Å². The van der Waals surface area contributed by atoms with Gasteiger partial charge in [-0.1, -0.05) is 12.1 Å². The molecule has 24 heavy (non-hydrogen) atoms. The van der Waals surface area contributed by atoms with E-state index in [4.69, 9.17) is 0 Å². The lowest BCUT2D eigenvalue weighted by molar-refractivity contribution is -0.255. The smallest absolute Gasteiger partial charge is 0.416 e. The van der Waals surface area contributed by atoms with Crippen LogP contribution >= 0.6 is 0 Å². The minimum absolute atomic E-state index is 0.164.